The van der Waals surface area contributed by atoms with E-state index in [1.54, 1.807) is 26.0 Å². The fraction of sp³-hybridized carbons (Fsp3) is 0.459. The van der Waals surface area contributed by atoms with Crippen molar-refractivity contribution in [3.63, 3.8) is 0 Å². The van der Waals surface area contributed by atoms with E-state index in [2.05, 4.69) is 45.7 Å². The Bertz CT molecular complexity index is 1510. The molecule has 1 aliphatic rings. The lowest BCUT2D eigenvalue weighted by atomic mass is 9.66. The first kappa shape index (κ1) is 36.7. The Morgan fingerprint density at radius 1 is 0.787 bits per heavy atom. The van der Waals surface area contributed by atoms with Gasteiger partial charge in [-0.2, -0.15) is 0 Å². The number of methoxy groups -OCH3 is 2. The SMILES string of the molecule is COCOc1ccc(C2(C)CSc3cc(OCOC)ccc3C2(O)C#CCOc2ccc(OCCO[Si](C)(C)C(C)(C)C)cc2)cc1. The molecule has 0 aliphatic carbocycles. The molecule has 254 valence electrons. The fourth-order valence-corrected chi connectivity index (χ4v) is 7.31. The van der Waals surface area contributed by atoms with Crippen LogP contribution in [0, 0.1) is 11.8 Å². The Hall–Kier alpha value is -3.17. The van der Waals surface area contributed by atoms with E-state index in [4.69, 9.17) is 32.8 Å². The van der Waals surface area contributed by atoms with Gasteiger partial charge in [-0.3, -0.25) is 0 Å². The van der Waals surface area contributed by atoms with Gasteiger partial charge in [-0.1, -0.05) is 57.7 Å². The van der Waals surface area contributed by atoms with Crippen LogP contribution in [0.1, 0.15) is 38.8 Å². The molecule has 0 amide bonds. The van der Waals surface area contributed by atoms with Crippen molar-refractivity contribution in [2.75, 3.05) is 53.4 Å². The Kier molecular flexibility index (Phi) is 12.3. The predicted octanol–water partition coefficient (Wildman–Crippen LogP) is 7.39. The van der Waals surface area contributed by atoms with E-state index in [9.17, 15) is 5.11 Å². The zero-order valence-electron chi connectivity index (χ0n) is 28.8. The topological polar surface area (TPSA) is 84.8 Å². The molecule has 3 aromatic rings. The van der Waals surface area contributed by atoms with Crippen molar-refractivity contribution in [1.29, 1.82) is 0 Å². The van der Waals surface area contributed by atoms with Gasteiger partial charge in [0.25, 0.3) is 0 Å². The number of aliphatic hydroxyl groups is 1. The van der Waals surface area contributed by atoms with Crippen molar-refractivity contribution in [2.24, 2.45) is 0 Å². The molecule has 0 radical (unpaired) electrons. The van der Waals surface area contributed by atoms with Crippen LogP contribution in [-0.4, -0.2) is 66.8 Å². The first-order chi connectivity index (χ1) is 22.3. The second-order valence-corrected chi connectivity index (χ2v) is 19.0. The van der Waals surface area contributed by atoms with Crippen molar-refractivity contribution in [3.05, 3.63) is 77.9 Å². The maximum atomic E-state index is 12.5. The highest BCUT2D eigenvalue weighted by Gasteiger charge is 2.52. The normalized spacial score (nSPS) is 19.3. The maximum absolute atomic E-state index is 12.5. The molecule has 47 heavy (non-hydrogen) atoms. The van der Waals surface area contributed by atoms with Crippen molar-refractivity contribution in [1.82, 2.24) is 0 Å². The average Bonchev–Trinajstić information content (AvgIpc) is 3.05. The van der Waals surface area contributed by atoms with Gasteiger partial charge in [0.15, 0.2) is 27.5 Å². The summed E-state index contributed by atoms with van der Waals surface area (Å²) in [6, 6.07) is 20.8. The van der Waals surface area contributed by atoms with Crippen LogP contribution in [0.4, 0.5) is 0 Å². The van der Waals surface area contributed by atoms with Gasteiger partial charge in [0, 0.05) is 35.8 Å². The fourth-order valence-electron chi connectivity index (χ4n) is 4.89. The highest BCUT2D eigenvalue weighted by Crippen LogP contribution is 2.53. The van der Waals surface area contributed by atoms with Gasteiger partial charge in [0.1, 0.15) is 36.2 Å². The Balaban J connectivity index is 1.48. The van der Waals surface area contributed by atoms with Gasteiger partial charge >= 0.3 is 0 Å². The van der Waals surface area contributed by atoms with Crippen LogP contribution in [0.3, 0.4) is 0 Å². The van der Waals surface area contributed by atoms with Gasteiger partial charge in [-0.25, -0.2) is 0 Å². The summed E-state index contributed by atoms with van der Waals surface area (Å²) in [6.07, 6.45) is 0. The van der Waals surface area contributed by atoms with E-state index in [1.165, 1.54) is 0 Å². The van der Waals surface area contributed by atoms with Crippen molar-refractivity contribution < 1.29 is 38.0 Å². The van der Waals surface area contributed by atoms with E-state index in [0.29, 0.717) is 41.8 Å². The number of hydrogen-bond donors (Lipinski definition) is 1. The number of hydrogen-bond acceptors (Lipinski definition) is 9. The third kappa shape index (κ3) is 8.85. The van der Waals surface area contributed by atoms with E-state index >= 15 is 0 Å². The van der Waals surface area contributed by atoms with Crippen LogP contribution in [0.15, 0.2) is 71.6 Å². The zero-order valence-corrected chi connectivity index (χ0v) is 30.6. The van der Waals surface area contributed by atoms with Crippen LogP contribution in [0.25, 0.3) is 0 Å². The van der Waals surface area contributed by atoms with Crippen LogP contribution in [0.5, 0.6) is 23.0 Å². The molecule has 4 rings (SSSR count). The van der Waals surface area contributed by atoms with E-state index in [-0.39, 0.29) is 25.2 Å². The molecule has 1 heterocycles. The largest absolute Gasteiger partial charge is 0.491 e. The number of rotatable bonds is 14. The molecule has 0 bridgehead atoms. The van der Waals surface area contributed by atoms with E-state index in [1.807, 2.05) is 73.7 Å². The molecule has 1 aliphatic heterocycles. The molecule has 2 atom stereocenters. The molecule has 10 heteroatoms. The molecule has 0 saturated carbocycles. The third-order valence-electron chi connectivity index (χ3n) is 8.86. The lowest BCUT2D eigenvalue weighted by Crippen LogP contribution is -2.50. The molecule has 0 spiro atoms. The lowest BCUT2D eigenvalue weighted by Gasteiger charge is -2.46. The summed E-state index contributed by atoms with van der Waals surface area (Å²) in [4.78, 5) is 0.902. The quantitative estimate of drug-likeness (QED) is 0.0811. The first-order valence-corrected chi connectivity index (χ1v) is 19.6. The standard InChI is InChI=1S/C37H48O8SSi/c1-35(2,3)47(7,8)45-23-22-42-30-16-14-29(15-17-30)41-21-9-20-37(38)33-19-18-32(44-27-40-6)24-34(33)46-25-36(37,4)28-10-12-31(13-11-28)43-26-39-5/h10-19,24,38H,21-23,25-27H2,1-8H3. The summed E-state index contributed by atoms with van der Waals surface area (Å²) < 4.78 is 39.4. The molecule has 3 aromatic carbocycles. The van der Waals surface area contributed by atoms with E-state index in [0.717, 1.165) is 16.2 Å². The Morgan fingerprint density at radius 2 is 1.34 bits per heavy atom. The first-order valence-electron chi connectivity index (χ1n) is 15.7. The van der Waals surface area contributed by atoms with E-state index < -0.39 is 19.3 Å². The summed E-state index contributed by atoms with van der Waals surface area (Å²) in [5, 5.41) is 12.7. The highest BCUT2D eigenvalue weighted by atomic mass is 32.2. The minimum absolute atomic E-state index is 0.0975. The van der Waals surface area contributed by atoms with Gasteiger partial charge in [-0.15, -0.1) is 11.8 Å². The van der Waals surface area contributed by atoms with Crippen molar-refractivity contribution >= 4 is 20.1 Å². The van der Waals surface area contributed by atoms with Crippen LogP contribution >= 0.6 is 11.8 Å². The molecule has 0 saturated heterocycles. The Labute approximate surface area is 285 Å². The zero-order chi connectivity index (χ0) is 34.1. The van der Waals surface area contributed by atoms with Crippen molar-refractivity contribution in [3.8, 4) is 34.8 Å². The van der Waals surface area contributed by atoms with Gasteiger partial charge in [0.05, 0.1) is 6.61 Å². The number of fused-ring (bicyclic) bond motifs is 1. The lowest BCUT2D eigenvalue weighted by molar-refractivity contribution is 0.0228. The third-order valence-corrected chi connectivity index (χ3v) is 14.8. The highest BCUT2D eigenvalue weighted by molar-refractivity contribution is 7.99. The number of thioether (sulfide) groups is 1. The smallest absolute Gasteiger partial charge is 0.192 e. The summed E-state index contributed by atoms with van der Waals surface area (Å²) in [7, 11) is 1.36. The molecular formula is C37H48O8SSi. The molecule has 8 nitrogen and oxygen atoms in total. The van der Waals surface area contributed by atoms with Crippen LogP contribution in [-0.2, 0) is 24.9 Å². The summed E-state index contributed by atoms with van der Waals surface area (Å²) in [5.41, 5.74) is -0.620. The average molecular weight is 681 g/mol. The molecule has 2 unspecified atom stereocenters. The second kappa shape index (κ2) is 15.8. The van der Waals surface area contributed by atoms with Gasteiger partial charge in [0.2, 0.25) is 0 Å². The summed E-state index contributed by atoms with van der Waals surface area (Å²) >= 11 is 1.66. The van der Waals surface area contributed by atoms with Gasteiger partial charge < -0.3 is 38.0 Å². The molecule has 0 aromatic heterocycles. The van der Waals surface area contributed by atoms with Crippen molar-refractivity contribution in [2.45, 2.75) is 61.7 Å². The predicted molar refractivity (Wildman–Crippen MR) is 188 cm³/mol. The molecular weight excluding hydrogens is 633 g/mol. The Morgan fingerprint density at radius 3 is 1.96 bits per heavy atom. The minimum Gasteiger partial charge on any atom is -0.491 e. The molecule has 0 fully saturated rings. The number of benzene rings is 3. The summed E-state index contributed by atoms with van der Waals surface area (Å²) in [6.45, 7) is 14.6. The minimum atomic E-state index is -1.80. The maximum Gasteiger partial charge on any atom is 0.192 e. The molecule has 1 N–H and O–H groups in total. The van der Waals surface area contributed by atoms with Crippen LogP contribution in [0.2, 0.25) is 18.1 Å². The van der Waals surface area contributed by atoms with Crippen LogP contribution < -0.4 is 18.9 Å². The second-order valence-electron chi connectivity index (χ2n) is 13.1. The monoisotopic (exact) mass is 680 g/mol. The number of ether oxygens (including phenoxy) is 6. The van der Waals surface area contributed by atoms with Gasteiger partial charge in [-0.05, 0) is 72.2 Å². The summed E-state index contributed by atoms with van der Waals surface area (Å²) in [5.74, 6) is 9.65.